The third-order valence-electron chi connectivity index (χ3n) is 3.61. The molecule has 1 N–H and O–H groups in total. The van der Waals surface area contributed by atoms with Gasteiger partial charge >= 0.3 is 0 Å². The van der Waals surface area contributed by atoms with Crippen molar-refractivity contribution in [1.82, 2.24) is 10.3 Å². The number of hydrogen-bond acceptors (Lipinski definition) is 3. The first-order valence-electron chi connectivity index (χ1n) is 7.84. The van der Waals surface area contributed by atoms with Crippen LogP contribution < -0.4 is 5.32 Å². The topological polar surface area (TPSA) is 24.9 Å². The van der Waals surface area contributed by atoms with E-state index in [1.807, 2.05) is 6.20 Å². The molecule has 114 valence electrons. The zero-order chi connectivity index (χ0) is 15.2. The molecule has 0 saturated carbocycles. The van der Waals surface area contributed by atoms with Crippen LogP contribution in [-0.4, -0.2) is 4.98 Å². The third kappa shape index (κ3) is 4.94. The van der Waals surface area contributed by atoms with E-state index in [-0.39, 0.29) is 0 Å². The van der Waals surface area contributed by atoms with Gasteiger partial charge in [0.1, 0.15) is 0 Å². The Kier molecular flexibility index (Phi) is 5.95. The van der Waals surface area contributed by atoms with Crippen LogP contribution in [0.25, 0.3) is 0 Å². The second-order valence-corrected chi connectivity index (χ2v) is 7.22. The van der Waals surface area contributed by atoms with Crippen LogP contribution in [0.2, 0.25) is 0 Å². The van der Waals surface area contributed by atoms with Crippen LogP contribution in [0.15, 0.2) is 30.5 Å². The summed E-state index contributed by atoms with van der Waals surface area (Å²) in [5.74, 6) is 0.713. The second kappa shape index (κ2) is 7.71. The largest absolute Gasteiger partial charge is 0.305 e. The van der Waals surface area contributed by atoms with Crippen molar-refractivity contribution >= 4 is 11.3 Å². The molecule has 0 bridgehead atoms. The predicted octanol–water partition coefficient (Wildman–Crippen LogP) is 4.75. The third-order valence-corrected chi connectivity index (χ3v) is 4.75. The summed E-state index contributed by atoms with van der Waals surface area (Å²) in [7, 11) is 0. The maximum absolute atomic E-state index is 4.40. The van der Waals surface area contributed by atoms with E-state index in [9.17, 15) is 0 Å². The van der Waals surface area contributed by atoms with Crippen LogP contribution in [-0.2, 0) is 19.4 Å². The molecule has 2 nitrogen and oxygen atoms in total. The van der Waals surface area contributed by atoms with Gasteiger partial charge in [0.15, 0.2) is 0 Å². The van der Waals surface area contributed by atoms with Crippen LogP contribution in [0.4, 0.5) is 0 Å². The van der Waals surface area contributed by atoms with Crippen molar-refractivity contribution in [3.8, 4) is 0 Å². The zero-order valence-electron chi connectivity index (χ0n) is 13.5. The monoisotopic (exact) mass is 302 g/mol. The van der Waals surface area contributed by atoms with Gasteiger partial charge in [0.25, 0.3) is 0 Å². The number of hydrogen-bond donors (Lipinski definition) is 1. The fraction of sp³-hybridized carbons (Fsp3) is 0.500. The molecule has 0 radical (unpaired) electrons. The quantitative estimate of drug-likeness (QED) is 0.798. The highest BCUT2D eigenvalue weighted by Crippen LogP contribution is 2.18. The lowest BCUT2D eigenvalue weighted by Gasteiger charge is -2.14. The lowest BCUT2D eigenvalue weighted by atomic mass is 10.00. The molecule has 21 heavy (non-hydrogen) atoms. The molecule has 1 atom stereocenters. The van der Waals surface area contributed by atoms with E-state index in [2.05, 4.69) is 62.3 Å². The molecule has 0 amide bonds. The molecule has 2 rings (SSSR count). The van der Waals surface area contributed by atoms with Crippen molar-refractivity contribution in [2.45, 2.75) is 53.1 Å². The Labute approximate surface area is 132 Å². The van der Waals surface area contributed by atoms with Crippen LogP contribution in [0.1, 0.15) is 54.7 Å². The first-order valence-corrected chi connectivity index (χ1v) is 8.66. The van der Waals surface area contributed by atoms with E-state index in [4.69, 9.17) is 0 Å². The molecular formula is C18H26N2S. The number of thiazole rings is 1. The summed E-state index contributed by atoms with van der Waals surface area (Å²) in [4.78, 5) is 5.72. The molecule has 3 heteroatoms. The minimum atomic E-state index is 0.366. The molecule has 0 saturated heterocycles. The van der Waals surface area contributed by atoms with E-state index in [1.165, 1.54) is 21.0 Å². The Balaban J connectivity index is 1.89. The van der Waals surface area contributed by atoms with E-state index >= 15 is 0 Å². The van der Waals surface area contributed by atoms with Crippen molar-refractivity contribution in [3.05, 3.63) is 51.5 Å². The SMILES string of the molecule is CCc1ncc(CNC(C)c2ccc(CC(C)C)cc2)s1. The number of aromatic nitrogens is 1. The number of benzene rings is 1. The molecular weight excluding hydrogens is 276 g/mol. The summed E-state index contributed by atoms with van der Waals surface area (Å²) >= 11 is 1.81. The maximum Gasteiger partial charge on any atom is 0.0925 e. The van der Waals surface area contributed by atoms with E-state index in [0.717, 1.165) is 19.4 Å². The summed E-state index contributed by atoms with van der Waals surface area (Å²) in [5.41, 5.74) is 2.78. The van der Waals surface area contributed by atoms with Gasteiger partial charge in [-0.25, -0.2) is 4.98 Å². The predicted molar refractivity (Wildman–Crippen MR) is 91.7 cm³/mol. The fourth-order valence-electron chi connectivity index (χ4n) is 2.38. The Hall–Kier alpha value is -1.19. The standard InChI is InChI=1S/C18H26N2S/c1-5-18-20-12-17(21-18)11-19-14(4)16-8-6-15(7-9-16)10-13(2)3/h6-9,12-14,19H,5,10-11H2,1-4H3. The fourth-order valence-corrected chi connectivity index (χ4v) is 3.19. The highest BCUT2D eigenvalue weighted by atomic mass is 32.1. The summed E-state index contributed by atoms with van der Waals surface area (Å²) in [5, 5.41) is 4.80. The number of rotatable bonds is 7. The summed E-state index contributed by atoms with van der Waals surface area (Å²) in [6.45, 7) is 9.79. The van der Waals surface area contributed by atoms with Crippen LogP contribution in [0.3, 0.4) is 0 Å². The molecule has 1 unspecified atom stereocenters. The zero-order valence-corrected chi connectivity index (χ0v) is 14.3. The minimum absolute atomic E-state index is 0.366. The molecule has 2 aromatic rings. The lowest BCUT2D eigenvalue weighted by molar-refractivity contribution is 0.577. The molecule has 0 aliphatic carbocycles. The van der Waals surface area contributed by atoms with Gasteiger partial charge in [-0.1, -0.05) is 45.0 Å². The van der Waals surface area contributed by atoms with Crippen LogP contribution in [0, 0.1) is 5.92 Å². The number of nitrogens with one attached hydrogen (secondary N) is 1. The van der Waals surface area contributed by atoms with Gasteiger partial charge in [0.2, 0.25) is 0 Å². The van der Waals surface area contributed by atoms with Crippen molar-refractivity contribution in [2.75, 3.05) is 0 Å². The van der Waals surface area contributed by atoms with Gasteiger partial charge in [-0.2, -0.15) is 0 Å². The van der Waals surface area contributed by atoms with E-state index in [0.29, 0.717) is 12.0 Å². The average Bonchev–Trinajstić information content (AvgIpc) is 2.93. The molecule has 1 aromatic heterocycles. The molecule has 0 fully saturated rings. The molecule has 0 spiro atoms. The van der Waals surface area contributed by atoms with Gasteiger partial charge in [-0.05, 0) is 36.8 Å². The first-order chi connectivity index (χ1) is 10.1. The summed E-state index contributed by atoms with van der Waals surface area (Å²) in [6.07, 6.45) is 4.18. The van der Waals surface area contributed by atoms with Gasteiger partial charge in [0, 0.05) is 23.7 Å². The normalized spacial score (nSPS) is 12.8. The van der Waals surface area contributed by atoms with E-state index < -0.39 is 0 Å². The second-order valence-electron chi connectivity index (χ2n) is 6.02. The van der Waals surface area contributed by atoms with Gasteiger partial charge in [-0.15, -0.1) is 11.3 Å². The van der Waals surface area contributed by atoms with Crippen LogP contribution >= 0.6 is 11.3 Å². The first kappa shape index (κ1) is 16.2. The molecule has 1 heterocycles. The Bertz CT molecular complexity index is 543. The molecule has 0 aliphatic rings. The Morgan fingerprint density at radius 3 is 2.43 bits per heavy atom. The summed E-state index contributed by atoms with van der Waals surface area (Å²) in [6, 6.07) is 9.38. The number of aryl methyl sites for hydroxylation is 1. The number of nitrogens with zero attached hydrogens (tertiary/aromatic N) is 1. The molecule has 0 aliphatic heterocycles. The van der Waals surface area contributed by atoms with Crippen LogP contribution in [0.5, 0.6) is 0 Å². The molecule has 1 aromatic carbocycles. The minimum Gasteiger partial charge on any atom is -0.305 e. The van der Waals surface area contributed by atoms with Crippen molar-refractivity contribution in [1.29, 1.82) is 0 Å². The van der Waals surface area contributed by atoms with Gasteiger partial charge in [-0.3, -0.25) is 0 Å². The van der Waals surface area contributed by atoms with Gasteiger partial charge < -0.3 is 5.32 Å². The van der Waals surface area contributed by atoms with Crippen molar-refractivity contribution in [2.24, 2.45) is 5.92 Å². The van der Waals surface area contributed by atoms with Crippen molar-refractivity contribution in [3.63, 3.8) is 0 Å². The van der Waals surface area contributed by atoms with E-state index in [1.54, 1.807) is 11.3 Å². The Morgan fingerprint density at radius 1 is 1.14 bits per heavy atom. The average molecular weight is 302 g/mol. The highest BCUT2D eigenvalue weighted by Gasteiger charge is 2.07. The Morgan fingerprint density at radius 2 is 1.86 bits per heavy atom. The highest BCUT2D eigenvalue weighted by molar-refractivity contribution is 7.11. The lowest BCUT2D eigenvalue weighted by Crippen LogP contribution is -2.17. The summed E-state index contributed by atoms with van der Waals surface area (Å²) < 4.78 is 0. The van der Waals surface area contributed by atoms with Gasteiger partial charge in [0.05, 0.1) is 5.01 Å². The maximum atomic E-state index is 4.40. The van der Waals surface area contributed by atoms with Crippen molar-refractivity contribution < 1.29 is 0 Å². The smallest absolute Gasteiger partial charge is 0.0925 e.